The molecular formula is C16H26N2O2. The maximum atomic E-state index is 12.2. The lowest BCUT2D eigenvalue weighted by molar-refractivity contribution is -0.126. The van der Waals surface area contributed by atoms with Gasteiger partial charge < -0.3 is 15.5 Å². The van der Waals surface area contributed by atoms with Crippen LogP contribution < -0.4 is 11.1 Å². The van der Waals surface area contributed by atoms with E-state index in [9.17, 15) is 4.79 Å². The molecule has 1 saturated carbocycles. The number of rotatable bonds is 6. The summed E-state index contributed by atoms with van der Waals surface area (Å²) < 4.78 is 5.30. The number of hydrogen-bond donors (Lipinski definition) is 2. The van der Waals surface area contributed by atoms with Crippen LogP contribution in [0.15, 0.2) is 22.8 Å². The Hall–Kier alpha value is -1.29. The van der Waals surface area contributed by atoms with Crippen LogP contribution in [0.2, 0.25) is 0 Å². The van der Waals surface area contributed by atoms with Crippen molar-refractivity contribution in [2.75, 3.05) is 6.54 Å². The van der Waals surface area contributed by atoms with E-state index in [1.54, 1.807) is 6.26 Å². The molecule has 0 bridgehead atoms. The predicted octanol–water partition coefficient (Wildman–Crippen LogP) is 2.48. The molecule has 4 heteroatoms. The molecule has 1 unspecified atom stereocenters. The molecule has 3 N–H and O–H groups in total. The van der Waals surface area contributed by atoms with Crippen LogP contribution in [0.3, 0.4) is 0 Å². The quantitative estimate of drug-likeness (QED) is 0.840. The molecule has 0 radical (unpaired) electrons. The Morgan fingerprint density at radius 3 is 2.80 bits per heavy atom. The van der Waals surface area contributed by atoms with Crippen LogP contribution in [0.5, 0.6) is 0 Å². The molecule has 0 spiro atoms. The van der Waals surface area contributed by atoms with Gasteiger partial charge in [-0.2, -0.15) is 0 Å². The van der Waals surface area contributed by atoms with E-state index >= 15 is 0 Å². The van der Waals surface area contributed by atoms with Gasteiger partial charge in [0.25, 0.3) is 0 Å². The Labute approximate surface area is 121 Å². The molecule has 20 heavy (non-hydrogen) atoms. The molecule has 1 heterocycles. The minimum Gasteiger partial charge on any atom is -0.469 e. The lowest BCUT2D eigenvalue weighted by atomic mass is 9.81. The first-order valence-electron chi connectivity index (χ1n) is 7.72. The minimum atomic E-state index is 0.184. The summed E-state index contributed by atoms with van der Waals surface area (Å²) in [5, 5.41) is 3.13. The van der Waals surface area contributed by atoms with Crippen molar-refractivity contribution >= 4 is 5.91 Å². The van der Waals surface area contributed by atoms with Crippen molar-refractivity contribution < 1.29 is 9.21 Å². The zero-order valence-electron chi connectivity index (χ0n) is 12.3. The third-order valence-corrected chi connectivity index (χ3v) is 4.34. The fourth-order valence-corrected chi connectivity index (χ4v) is 2.91. The third kappa shape index (κ3) is 4.37. The van der Waals surface area contributed by atoms with Crippen molar-refractivity contribution in [3.63, 3.8) is 0 Å². The van der Waals surface area contributed by atoms with Crippen LogP contribution in [0.25, 0.3) is 0 Å². The number of carbonyl (C=O) groups excluding carboxylic acids is 1. The first-order valence-corrected chi connectivity index (χ1v) is 7.72. The molecule has 1 fully saturated rings. The predicted molar refractivity (Wildman–Crippen MR) is 79.1 cm³/mol. The molecule has 1 aromatic heterocycles. The monoisotopic (exact) mass is 278 g/mol. The summed E-state index contributed by atoms with van der Waals surface area (Å²) >= 11 is 0. The number of nitrogens with two attached hydrogens (primary N) is 1. The summed E-state index contributed by atoms with van der Waals surface area (Å²) in [6.07, 6.45) is 7.63. The summed E-state index contributed by atoms with van der Waals surface area (Å²) in [5.41, 5.74) is 5.68. The normalized spacial score (nSPS) is 24.3. The fraction of sp³-hybridized carbons (Fsp3) is 0.688. The Balaban J connectivity index is 1.68. The summed E-state index contributed by atoms with van der Waals surface area (Å²) in [5.74, 6) is 2.00. The van der Waals surface area contributed by atoms with Gasteiger partial charge in [-0.15, -0.1) is 0 Å². The molecule has 1 atom stereocenters. The second kappa shape index (κ2) is 7.48. The molecule has 0 aromatic carbocycles. The zero-order valence-corrected chi connectivity index (χ0v) is 12.3. The molecule has 1 aliphatic carbocycles. The SMILES string of the molecule is CC(CCc1ccco1)NC(=O)C1CCC(CN)CC1. The number of carbonyl (C=O) groups is 1. The third-order valence-electron chi connectivity index (χ3n) is 4.34. The Morgan fingerprint density at radius 1 is 1.45 bits per heavy atom. The van der Waals surface area contributed by atoms with Gasteiger partial charge in [0.1, 0.15) is 5.76 Å². The van der Waals surface area contributed by atoms with Gasteiger partial charge in [0, 0.05) is 18.4 Å². The van der Waals surface area contributed by atoms with Crippen LogP contribution in [0.1, 0.15) is 44.8 Å². The van der Waals surface area contributed by atoms with E-state index in [0.717, 1.165) is 50.8 Å². The summed E-state index contributed by atoms with van der Waals surface area (Å²) in [4.78, 5) is 12.2. The van der Waals surface area contributed by atoms with Crippen molar-refractivity contribution in [2.24, 2.45) is 17.6 Å². The van der Waals surface area contributed by atoms with Gasteiger partial charge in [-0.25, -0.2) is 0 Å². The fourth-order valence-electron chi connectivity index (χ4n) is 2.91. The van der Waals surface area contributed by atoms with E-state index < -0.39 is 0 Å². The van der Waals surface area contributed by atoms with Crippen LogP contribution in [0.4, 0.5) is 0 Å². The van der Waals surface area contributed by atoms with E-state index in [2.05, 4.69) is 12.2 Å². The summed E-state index contributed by atoms with van der Waals surface area (Å²) in [7, 11) is 0. The van der Waals surface area contributed by atoms with Crippen molar-refractivity contribution in [3.05, 3.63) is 24.2 Å². The maximum absolute atomic E-state index is 12.2. The first kappa shape index (κ1) is 15.1. The zero-order chi connectivity index (χ0) is 14.4. The molecule has 0 saturated heterocycles. The second-order valence-electron chi connectivity index (χ2n) is 5.98. The molecule has 1 amide bonds. The average molecular weight is 278 g/mol. The molecule has 112 valence electrons. The maximum Gasteiger partial charge on any atom is 0.223 e. The number of hydrogen-bond acceptors (Lipinski definition) is 3. The van der Waals surface area contributed by atoms with E-state index in [4.69, 9.17) is 10.2 Å². The van der Waals surface area contributed by atoms with Crippen molar-refractivity contribution in [3.8, 4) is 0 Å². The highest BCUT2D eigenvalue weighted by Gasteiger charge is 2.26. The van der Waals surface area contributed by atoms with E-state index in [1.807, 2.05) is 12.1 Å². The van der Waals surface area contributed by atoms with Gasteiger partial charge in [-0.1, -0.05) is 0 Å². The van der Waals surface area contributed by atoms with Crippen LogP contribution >= 0.6 is 0 Å². The van der Waals surface area contributed by atoms with Gasteiger partial charge >= 0.3 is 0 Å². The lowest BCUT2D eigenvalue weighted by Crippen LogP contribution is -2.39. The second-order valence-corrected chi connectivity index (χ2v) is 5.98. The first-order chi connectivity index (χ1) is 9.69. The Kier molecular flexibility index (Phi) is 5.65. The standard InChI is InChI=1S/C16H26N2O2/c1-12(4-9-15-3-2-10-20-15)18-16(19)14-7-5-13(11-17)6-8-14/h2-3,10,12-14H,4-9,11,17H2,1H3,(H,18,19). The summed E-state index contributed by atoms with van der Waals surface area (Å²) in [6, 6.07) is 4.07. The number of furan rings is 1. The molecule has 1 aliphatic rings. The van der Waals surface area contributed by atoms with Crippen molar-refractivity contribution in [1.29, 1.82) is 0 Å². The molecule has 2 rings (SSSR count). The van der Waals surface area contributed by atoms with E-state index in [-0.39, 0.29) is 17.9 Å². The van der Waals surface area contributed by atoms with Crippen molar-refractivity contribution in [1.82, 2.24) is 5.32 Å². The minimum absolute atomic E-state index is 0.184. The van der Waals surface area contributed by atoms with Crippen LogP contribution in [-0.4, -0.2) is 18.5 Å². The largest absolute Gasteiger partial charge is 0.469 e. The Bertz CT molecular complexity index is 395. The van der Waals surface area contributed by atoms with E-state index in [0.29, 0.717) is 5.92 Å². The molecule has 0 aliphatic heterocycles. The number of amides is 1. The van der Waals surface area contributed by atoms with E-state index in [1.165, 1.54) is 0 Å². The molecule has 4 nitrogen and oxygen atoms in total. The number of aryl methyl sites for hydroxylation is 1. The smallest absolute Gasteiger partial charge is 0.223 e. The number of nitrogens with one attached hydrogen (secondary N) is 1. The van der Waals surface area contributed by atoms with Crippen LogP contribution in [-0.2, 0) is 11.2 Å². The van der Waals surface area contributed by atoms with Crippen LogP contribution in [0, 0.1) is 11.8 Å². The highest BCUT2D eigenvalue weighted by molar-refractivity contribution is 5.78. The highest BCUT2D eigenvalue weighted by atomic mass is 16.3. The highest BCUT2D eigenvalue weighted by Crippen LogP contribution is 2.28. The van der Waals surface area contributed by atoms with Gasteiger partial charge in [0.2, 0.25) is 5.91 Å². The molecular weight excluding hydrogens is 252 g/mol. The molecule has 1 aromatic rings. The van der Waals surface area contributed by atoms with Gasteiger partial charge in [-0.05, 0) is 63.6 Å². The topological polar surface area (TPSA) is 68.3 Å². The Morgan fingerprint density at radius 2 is 2.20 bits per heavy atom. The average Bonchev–Trinajstić information content (AvgIpc) is 2.98. The van der Waals surface area contributed by atoms with Gasteiger partial charge in [0.15, 0.2) is 0 Å². The van der Waals surface area contributed by atoms with Gasteiger partial charge in [0.05, 0.1) is 6.26 Å². The van der Waals surface area contributed by atoms with Crippen molar-refractivity contribution in [2.45, 2.75) is 51.5 Å². The van der Waals surface area contributed by atoms with Gasteiger partial charge in [-0.3, -0.25) is 4.79 Å². The lowest BCUT2D eigenvalue weighted by Gasteiger charge is -2.27. The summed E-state index contributed by atoms with van der Waals surface area (Å²) in [6.45, 7) is 2.82.